The number of pyridine rings is 1. The molecule has 0 saturated carbocycles. The van der Waals surface area contributed by atoms with Crippen LogP contribution in [0.1, 0.15) is 50.3 Å². The lowest BCUT2D eigenvalue weighted by Crippen LogP contribution is -2.25. The lowest BCUT2D eigenvalue weighted by Gasteiger charge is -2.22. The van der Waals surface area contributed by atoms with Crippen LogP contribution in [0.4, 0.5) is 5.82 Å². The van der Waals surface area contributed by atoms with E-state index in [-0.39, 0.29) is 0 Å². The van der Waals surface area contributed by atoms with E-state index in [2.05, 4.69) is 24.0 Å². The van der Waals surface area contributed by atoms with Crippen LogP contribution in [0, 0.1) is 0 Å². The maximum atomic E-state index is 5.80. The van der Waals surface area contributed by atoms with Gasteiger partial charge >= 0.3 is 0 Å². The Hall–Kier alpha value is -1.09. The summed E-state index contributed by atoms with van der Waals surface area (Å²) in [5, 5.41) is 0. The number of nitrogens with zero attached hydrogens (tertiary/aromatic N) is 2. The molecule has 18 heavy (non-hydrogen) atoms. The molecule has 0 spiro atoms. The lowest BCUT2D eigenvalue weighted by atomic mass is 10.1. The van der Waals surface area contributed by atoms with E-state index in [9.17, 15) is 0 Å². The fraction of sp³-hybridized carbons (Fsp3) is 0.667. The topological polar surface area (TPSA) is 42.1 Å². The van der Waals surface area contributed by atoms with Crippen molar-refractivity contribution in [1.29, 1.82) is 0 Å². The SMILES string of the molecule is CCCc1cc(CN)cc(N2CCCCCC2)n1. The Morgan fingerprint density at radius 1 is 1.17 bits per heavy atom. The molecule has 0 aliphatic carbocycles. The van der Waals surface area contributed by atoms with Crippen LogP contribution in [0.25, 0.3) is 0 Å². The summed E-state index contributed by atoms with van der Waals surface area (Å²) < 4.78 is 0. The highest BCUT2D eigenvalue weighted by atomic mass is 15.2. The van der Waals surface area contributed by atoms with E-state index in [0.29, 0.717) is 6.54 Å². The molecule has 1 fully saturated rings. The van der Waals surface area contributed by atoms with Crippen molar-refractivity contribution < 1.29 is 0 Å². The molecule has 0 unspecified atom stereocenters. The quantitative estimate of drug-likeness (QED) is 0.889. The van der Waals surface area contributed by atoms with Gasteiger partial charge in [-0.25, -0.2) is 4.98 Å². The number of rotatable bonds is 4. The van der Waals surface area contributed by atoms with Crippen LogP contribution in [-0.2, 0) is 13.0 Å². The van der Waals surface area contributed by atoms with Gasteiger partial charge in [-0.1, -0.05) is 26.2 Å². The molecule has 1 aromatic heterocycles. The molecule has 0 bridgehead atoms. The minimum absolute atomic E-state index is 0.611. The highest BCUT2D eigenvalue weighted by Gasteiger charge is 2.12. The van der Waals surface area contributed by atoms with Crippen LogP contribution >= 0.6 is 0 Å². The van der Waals surface area contributed by atoms with Crippen LogP contribution in [0.15, 0.2) is 12.1 Å². The summed E-state index contributed by atoms with van der Waals surface area (Å²) in [6.07, 6.45) is 7.48. The monoisotopic (exact) mass is 247 g/mol. The molecule has 0 aromatic carbocycles. The van der Waals surface area contributed by atoms with Crippen LogP contribution in [0.5, 0.6) is 0 Å². The first kappa shape index (κ1) is 13.3. The molecule has 100 valence electrons. The van der Waals surface area contributed by atoms with Crippen molar-refractivity contribution in [2.24, 2.45) is 5.73 Å². The van der Waals surface area contributed by atoms with Gasteiger partial charge in [0.1, 0.15) is 5.82 Å². The zero-order valence-electron chi connectivity index (χ0n) is 11.5. The van der Waals surface area contributed by atoms with Crippen molar-refractivity contribution >= 4 is 5.82 Å². The number of anilines is 1. The third kappa shape index (κ3) is 3.45. The van der Waals surface area contributed by atoms with Gasteiger partial charge in [0.2, 0.25) is 0 Å². The van der Waals surface area contributed by atoms with Gasteiger partial charge < -0.3 is 10.6 Å². The first-order chi connectivity index (χ1) is 8.83. The first-order valence-corrected chi connectivity index (χ1v) is 7.28. The summed E-state index contributed by atoms with van der Waals surface area (Å²) in [5.74, 6) is 1.14. The Bertz CT molecular complexity index is 368. The molecule has 1 aliphatic heterocycles. The highest BCUT2D eigenvalue weighted by Crippen LogP contribution is 2.20. The van der Waals surface area contributed by atoms with Gasteiger partial charge in [-0.05, 0) is 37.0 Å². The average Bonchev–Trinajstić information content (AvgIpc) is 2.67. The van der Waals surface area contributed by atoms with Crippen LogP contribution in [0.3, 0.4) is 0 Å². The summed E-state index contributed by atoms with van der Waals surface area (Å²) in [6, 6.07) is 4.33. The van der Waals surface area contributed by atoms with Crippen LogP contribution < -0.4 is 10.6 Å². The van der Waals surface area contributed by atoms with Crippen molar-refractivity contribution in [2.45, 2.75) is 52.0 Å². The van der Waals surface area contributed by atoms with E-state index in [1.807, 2.05) is 0 Å². The fourth-order valence-corrected chi connectivity index (χ4v) is 2.60. The molecule has 2 rings (SSSR count). The zero-order valence-corrected chi connectivity index (χ0v) is 11.5. The van der Waals surface area contributed by atoms with Crippen LogP contribution in [0.2, 0.25) is 0 Å². The van der Waals surface area contributed by atoms with E-state index in [1.165, 1.54) is 36.9 Å². The fourth-order valence-electron chi connectivity index (χ4n) is 2.60. The zero-order chi connectivity index (χ0) is 12.8. The molecule has 0 atom stereocenters. The van der Waals surface area contributed by atoms with Crippen molar-refractivity contribution in [1.82, 2.24) is 4.98 Å². The van der Waals surface area contributed by atoms with Gasteiger partial charge in [0.15, 0.2) is 0 Å². The second-order valence-corrected chi connectivity index (χ2v) is 5.18. The van der Waals surface area contributed by atoms with Gasteiger partial charge in [-0.3, -0.25) is 0 Å². The molecule has 1 saturated heterocycles. The molecule has 0 amide bonds. The van der Waals surface area contributed by atoms with E-state index < -0.39 is 0 Å². The predicted octanol–water partition coefficient (Wildman–Crippen LogP) is 2.87. The second-order valence-electron chi connectivity index (χ2n) is 5.18. The van der Waals surface area contributed by atoms with Gasteiger partial charge in [0, 0.05) is 25.3 Å². The number of aromatic nitrogens is 1. The number of hydrogen-bond acceptors (Lipinski definition) is 3. The molecule has 3 nitrogen and oxygen atoms in total. The van der Waals surface area contributed by atoms with Crippen molar-refractivity contribution in [2.75, 3.05) is 18.0 Å². The summed E-state index contributed by atoms with van der Waals surface area (Å²) in [5.41, 5.74) is 8.21. The molecule has 1 aliphatic rings. The minimum Gasteiger partial charge on any atom is -0.357 e. The number of nitrogens with two attached hydrogens (primary N) is 1. The Balaban J connectivity index is 2.21. The molecular weight excluding hydrogens is 222 g/mol. The third-order valence-corrected chi connectivity index (χ3v) is 3.60. The van der Waals surface area contributed by atoms with Crippen molar-refractivity contribution in [3.8, 4) is 0 Å². The van der Waals surface area contributed by atoms with E-state index in [0.717, 1.165) is 31.7 Å². The first-order valence-electron chi connectivity index (χ1n) is 7.28. The maximum absolute atomic E-state index is 5.80. The van der Waals surface area contributed by atoms with Gasteiger partial charge in [-0.2, -0.15) is 0 Å². The third-order valence-electron chi connectivity index (χ3n) is 3.60. The van der Waals surface area contributed by atoms with Crippen molar-refractivity contribution in [3.05, 3.63) is 23.4 Å². The number of hydrogen-bond donors (Lipinski definition) is 1. The van der Waals surface area contributed by atoms with Crippen LogP contribution in [-0.4, -0.2) is 18.1 Å². The summed E-state index contributed by atoms with van der Waals surface area (Å²) in [6.45, 7) is 5.10. The predicted molar refractivity (Wildman–Crippen MR) is 76.8 cm³/mol. The molecule has 2 heterocycles. The minimum atomic E-state index is 0.611. The Morgan fingerprint density at radius 2 is 1.89 bits per heavy atom. The summed E-state index contributed by atoms with van der Waals surface area (Å²) in [4.78, 5) is 7.24. The summed E-state index contributed by atoms with van der Waals surface area (Å²) >= 11 is 0. The second kappa shape index (κ2) is 6.74. The van der Waals surface area contributed by atoms with E-state index in [1.54, 1.807) is 0 Å². The van der Waals surface area contributed by atoms with E-state index in [4.69, 9.17) is 10.7 Å². The smallest absolute Gasteiger partial charge is 0.129 e. The van der Waals surface area contributed by atoms with Crippen molar-refractivity contribution in [3.63, 3.8) is 0 Å². The Morgan fingerprint density at radius 3 is 2.50 bits per heavy atom. The molecule has 1 aromatic rings. The molecule has 3 heteroatoms. The molecule has 0 radical (unpaired) electrons. The van der Waals surface area contributed by atoms with Gasteiger partial charge in [-0.15, -0.1) is 0 Å². The Labute approximate surface area is 110 Å². The average molecular weight is 247 g/mol. The lowest BCUT2D eigenvalue weighted by molar-refractivity contribution is 0.726. The maximum Gasteiger partial charge on any atom is 0.129 e. The van der Waals surface area contributed by atoms with E-state index >= 15 is 0 Å². The number of aryl methyl sites for hydroxylation is 1. The van der Waals surface area contributed by atoms with Gasteiger partial charge in [0.05, 0.1) is 0 Å². The summed E-state index contributed by atoms with van der Waals surface area (Å²) in [7, 11) is 0. The molecule has 2 N–H and O–H groups in total. The standard InChI is InChI=1S/C15H25N3/c1-2-7-14-10-13(12-16)11-15(17-14)18-8-5-3-4-6-9-18/h10-11H,2-9,12,16H2,1H3. The Kier molecular flexibility index (Phi) is 5.00. The van der Waals surface area contributed by atoms with Gasteiger partial charge in [0.25, 0.3) is 0 Å². The largest absolute Gasteiger partial charge is 0.357 e. The highest BCUT2D eigenvalue weighted by molar-refractivity contribution is 5.43. The molecular formula is C15H25N3. The normalized spacial score (nSPS) is 16.7.